The van der Waals surface area contributed by atoms with Gasteiger partial charge in [-0.05, 0) is 55.0 Å². The number of aryl methyl sites for hydroxylation is 2. The molecule has 2 aromatic rings. The predicted molar refractivity (Wildman–Crippen MR) is 98.8 cm³/mol. The third-order valence-electron chi connectivity index (χ3n) is 4.18. The maximum Gasteiger partial charge on any atom is 0.321 e. The van der Waals surface area contributed by atoms with Gasteiger partial charge in [0.25, 0.3) is 0 Å². The van der Waals surface area contributed by atoms with E-state index >= 15 is 0 Å². The molecule has 2 amide bonds. The van der Waals surface area contributed by atoms with E-state index in [-0.39, 0.29) is 12.8 Å². The van der Waals surface area contributed by atoms with E-state index in [0.29, 0.717) is 5.92 Å². The second-order valence-corrected chi connectivity index (χ2v) is 6.31. The number of urea groups is 1. The Kier molecular flexibility index (Phi) is 5.85. The minimum Gasteiger partial charge on any atom is -0.473 e. The summed E-state index contributed by atoms with van der Waals surface area (Å²) in [5, 5.41) is 5.69. The topological polar surface area (TPSA) is 50.4 Å². The second kappa shape index (κ2) is 7.86. The molecule has 0 aromatic heterocycles. The number of anilines is 1. The lowest BCUT2D eigenvalue weighted by atomic mass is 9.98. The number of ether oxygens (including phenoxy) is 1. The zero-order valence-corrected chi connectivity index (χ0v) is 15.1. The van der Waals surface area contributed by atoms with E-state index in [1.165, 1.54) is 5.56 Å². The normalized spacial score (nSPS) is 10.6. The van der Waals surface area contributed by atoms with Crippen molar-refractivity contribution in [1.29, 1.82) is 0 Å². The highest BCUT2D eigenvalue weighted by Gasteiger charge is 2.12. The Labute approximate surface area is 144 Å². The molecule has 2 rings (SSSR count). The lowest BCUT2D eigenvalue weighted by molar-refractivity contribution is 0.234. The van der Waals surface area contributed by atoms with Gasteiger partial charge in [-0.1, -0.05) is 44.2 Å². The zero-order valence-electron chi connectivity index (χ0n) is 15.1. The van der Waals surface area contributed by atoms with Crippen LogP contribution in [0.5, 0.6) is 5.75 Å². The average molecular weight is 326 g/mol. The minimum atomic E-state index is -0.267. The summed E-state index contributed by atoms with van der Waals surface area (Å²) < 4.78 is 5.66. The highest BCUT2D eigenvalue weighted by atomic mass is 16.5. The molecule has 0 heterocycles. The molecule has 24 heavy (non-hydrogen) atoms. The third-order valence-corrected chi connectivity index (χ3v) is 4.18. The van der Waals surface area contributed by atoms with Gasteiger partial charge < -0.3 is 15.4 Å². The van der Waals surface area contributed by atoms with Crippen LogP contribution in [0.3, 0.4) is 0 Å². The largest absolute Gasteiger partial charge is 0.473 e. The molecule has 0 unspecified atom stereocenters. The number of carbonyl (C=O) groups is 1. The van der Waals surface area contributed by atoms with E-state index in [4.69, 9.17) is 4.74 Å². The molecule has 128 valence electrons. The van der Waals surface area contributed by atoms with Crippen LogP contribution in [0.1, 0.15) is 42.0 Å². The first-order chi connectivity index (χ1) is 11.4. The smallest absolute Gasteiger partial charge is 0.321 e. The van der Waals surface area contributed by atoms with Gasteiger partial charge in [0.1, 0.15) is 5.75 Å². The Hall–Kier alpha value is -2.49. The van der Waals surface area contributed by atoms with Crippen molar-refractivity contribution >= 4 is 11.7 Å². The van der Waals surface area contributed by atoms with Crippen LogP contribution in [0.4, 0.5) is 10.5 Å². The first-order valence-electron chi connectivity index (χ1n) is 8.23. The Morgan fingerprint density at radius 2 is 1.71 bits per heavy atom. The fourth-order valence-electron chi connectivity index (χ4n) is 2.56. The van der Waals surface area contributed by atoms with Crippen molar-refractivity contribution in [3.8, 4) is 5.75 Å². The van der Waals surface area contributed by atoms with Gasteiger partial charge in [-0.15, -0.1) is 0 Å². The first kappa shape index (κ1) is 17.9. The van der Waals surface area contributed by atoms with Crippen molar-refractivity contribution in [2.75, 3.05) is 12.0 Å². The lowest BCUT2D eigenvalue weighted by Crippen LogP contribution is -2.32. The van der Waals surface area contributed by atoms with Crippen molar-refractivity contribution in [1.82, 2.24) is 5.32 Å². The van der Waals surface area contributed by atoms with E-state index in [2.05, 4.69) is 24.5 Å². The number of benzene rings is 2. The van der Waals surface area contributed by atoms with Crippen LogP contribution < -0.4 is 15.4 Å². The van der Waals surface area contributed by atoms with Crippen LogP contribution in [-0.2, 0) is 0 Å². The minimum absolute atomic E-state index is 0.124. The average Bonchev–Trinajstić information content (AvgIpc) is 2.53. The second-order valence-electron chi connectivity index (χ2n) is 6.31. The quantitative estimate of drug-likeness (QED) is 0.768. The molecule has 0 aliphatic rings. The van der Waals surface area contributed by atoms with Gasteiger partial charge in [-0.2, -0.15) is 0 Å². The molecule has 0 bridgehead atoms. The SMILES string of the molecule is Cc1cccc(OCNC(=O)Nc2c(C)cccc2C(C)C)c1C. The molecule has 4 heteroatoms. The number of nitrogens with one attached hydrogen (secondary N) is 2. The van der Waals surface area contributed by atoms with E-state index in [1.54, 1.807) is 0 Å². The van der Waals surface area contributed by atoms with Crippen LogP contribution in [0, 0.1) is 20.8 Å². The Bertz CT molecular complexity index is 724. The van der Waals surface area contributed by atoms with Crippen LogP contribution in [0.2, 0.25) is 0 Å². The van der Waals surface area contributed by atoms with Gasteiger partial charge in [0.05, 0.1) is 0 Å². The Morgan fingerprint density at radius 3 is 2.42 bits per heavy atom. The zero-order chi connectivity index (χ0) is 17.7. The molecule has 0 spiro atoms. The van der Waals surface area contributed by atoms with E-state index < -0.39 is 0 Å². The number of hydrogen-bond donors (Lipinski definition) is 2. The van der Waals surface area contributed by atoms with Gasteiger partial charge in [-0.3, -0.25) is 0 Å². The molecule has 0 aliphatic carbocycles. The molecular weight excluding hydrogens is 300 g/mol. The molecule has 0 saturated heterocycles. The van der Waals surface area contributed by atoms with Crippen molar-refractivity contribution < 1.29 is 9.53 Å². The van der Waals surface area contributed by atoms with Crippen LogP contribution in [-0.4, -0.2) is 12.8 Å². The molecule has 0 fully saturated rings. The molecule has 2 N–H and O–H groups in total. The van der Waals surface area contributed by atoms with E-state index in [0.717, 1.165) is 28.1 Å². The van der Waals surface area contributed by atoms with Gasteiger partial charge in [-0.25, -0.2) is 4.79 Å². The summed E-state index contributed by atoms with van der Waals surface area (Å²) in [6, 6.07) is 11.7. The Morgan fingerprint density at radius 1 is 1.04 bits per heavy atom. The number of carbonyl (C=O) groups excluding carboxylic acids is 1. The van der Waals surface area contributed by atoms with Crippen LogP contribution >= 0.6 is 0 Å². The summed E-state index contributed by atoms with van der Waals surface area (Å²) in [6.45, 7) is 10.4. The summed E-state index contributed by atoms with van der Waals surface area (Å²) in [6.07, 6.45) is 0. The third kappa shape index (κ3) is 4.28. The van der Waals surface area contributed by atoms with Gasteiger partial charge >= 0.3 is 6.03 Å². The molecule has 0 radical (unpaired) electrons. The van der Waals surface area contributed by atoms with Crippen molar-refractivity contribution in [2.24, 2.45) is 0 Å². The summed E-state index contributed by atoms with van der Waals surface area (Å²) >= 11 is 0. The first-order valence-corrected chi connectivity index (χ1v) is 8.23. The fourth-order valence-corrected chi connectivity index (χ4v) is 2.56. The van der Waals surface area contributed by atoms with Crippen LogP contribution in [0.15, 0.2) is 36.4 Å². The van der Waals surface area contributed by atoms with Gasteiger partial charge in [0.2, 0.25) is 0 Å². The van der Waals surface area contributed by atoms with Crippen molar-refractivity contribution in [2.45, 2.75) is 40.5 Å². The highest BCUT2D eigenvalue weighted by molar-refractivity contribution is 5.91. The molecular formula is C20H26N2O2. The molecule has 2 aromatic carbocycles. The fraction of sp³-hybridized carbons (Fsp3) is 0.350. The highest BCUT2D eigenvalue weighted by Crippen LogP contribution is 2.27. The number of para-hydroxylation sites is 1. The number of amides is 2. The summed E-state index contributed by atoms with van der Waals surface area (Å²) in [4.78, 5) is 12.2. The Balaban J connectivity index is 1.96. The predicted octanol–water partition coefficient (Wildman–Crippen LogP) is 4.89. The van der Waals surface area contributed by atoms with Crippen molar-refractivity contribution in [3.63, 3.8) is 0 Å². The van der Waals surface area contributed by atoms with E-state index in [1.807, 2.05) is 57.2 Å². The maximum atomic E-state index is 12.2. The molecule has 4 nitrogen and oxygen atoms in total. The van der Waals surface area contributed by atoms with Gasteiger partial charge in [0, 0.05) is 5.69 Å². The molecule has 0 saturated carbocycles. The number of hydrogen-bond acceptors (Lipinski definition) is 2. The molecule has 0 atom stereocenters. The molecule has 0 aliphatic heterocycles. The standard InChI is InChI=1S/C20H26N2O2/c1-13(2)17-10-6-9-15(4)19(17)22-20(23)21-12-24-18-11-7-8-14(3)16(18)5/h6-11,13H,12H2,1-5H3,(H2,21,22,23). The summed E-state index contributed by atoms with van der Waals surface area (Å²) in [5.41, 5.74) is 5.29. The maximum absolute atomic E-state index is 12.2. The van der Waals surface area contributed by atoms with E-state index in [9.17, 15) is 4.79 Å². The van der Waals surface area contributed by atoms with Crippen LogP contribution in [0.25, 0.3) is 0 Å². The number of rotatable bonds is 5. The summed E-state index contributed by atoms with van der Waals surface area (Å²) in [7, 11) is 0. The monoisotopic (exact) mass is 326 g/mol. The van der Waals surface area contributed by atoms with Gasteiger partial charge in [0.15, 0.2) is 6.73 Å². The summed E-state index contributed by atoms with van der Waals surface area (Å²) in [5.74, 6) is 1.13. The van der Waals surface area contributed by atoms with Crippen molar-refractivity contribution in [3.05, 3.63) is 58.7 Å². The lowest BCUT2D eigenvalue weighted by Gasteiger charge is -2.17.